The van der Waals surface area contributed by atoms with Gasteiger partial charge in [-0.2, -0.15) is 0 Å². The van der Waals surface area contributed by atoms with Gasteiger partial charge in [0.05, 0.1) is 17.6 Å². The maximum absolute atomic E-state index is 10.6. The first-order chi connectivity index (χ1) is 10.1. The lowest BCUT2D eigenvalue weighted by atomic mass is 9.78. The Bertz CT molecular complexity index is 526. The summed E-state index contributed by atoms with van der Waals surface area (Å²) in [7, 11) is -0.383. The summed E-state index contributed by atoms with van der Waals surface area (Å²) in [5.41, 5.74) is 7.05. The Morgan fingerprint density at radius 3 is 2.14 bits per heavy atom. The summed E-state index contributed by atoms with van der Waals surface area (Å²) in [6.45, 7) is 8.08. The largest absolute Gasteiger partial charge is 0.494 e. The number of hydrogen-bond acceptors (Lipinski definition) is 4. The van der Waals surface area contributed by atoms with Gasteiger partial charge in [-0.3, -0.25) is 4.79 Å². The lowest BCUT2D eigenvalue weighted by Crippen LogP contribution is -2.41. The number of carboxylic acids is 1. The number of aliphatic carboxylic acids is 1. The van der Waals surface area contributed by atoms with Crippen molar-refractivity contribution < 1.29 is 19.2 Å². The zero-order chi connectivity index (χ0) is 16.5. The molecule has 2 rings (SSSR count). The van der Waals surface area contributed by atoms with Crippen LogP contribution in [0.25, 0.3) is 0 Å². The molecule has 1 atom stereocenters. The Morgan fingerprint density at radius 1 is 1.18 bits per heavy atom. The molecule has 3 N–H and O–H groups in total. The number of benzene rings is 1. The van der Waals surface area contributed by atoms with Crippen molar-refractivity contribution in [1.82, 2.24) is 0 Å². The standard InChI is InChI=1S/C16H24BNO4/c1-15(2)16(3,4)22-17(21-15)12-7-5-11(6-8-12)9-13(18)10-14(19)20/h5-8,13H,9-10,18H2,1-4H3,(H,19,20). The van der Waals surface area contributed by atoms with Crippen molar-refractivity contribution in [3.63, 3.8) is 0 Å². The highest BCUT2D eigenvalue weighted by atomic mass is 16.7. The van der Waals surface area contributed by atoms with Crippen LogP contribution in [-0.4, -0.2) is 35.4 Å². The van der Waals surface area contributed by atoms with Crippen LogP contribution in [0.4, 0.5) is 0 Å². The first-order valence-electron chi connectivity index (χ1n) is 7.52. The molecule has 0 spiro atoms. The smallest absolute Gasteiger partial charge is 0.481 e. The van der Waals surface area contributed by atoms with Crippen molar-refractivity contribution in [3.8, 4) is 0 Å². The van der Waals surface area contributed by atoms with Gasteiger partial charge in [0.2, 0.25) is 0 Å². The van der Waals surface area contributed by atoms with Gasteiger partial charge in [0.25, 0.3) is 0 Å². The number of rotatable bonds is 5. The van der Waals surface area contributed by atoms with Gasteiger partial charge < -0.3 is 20.1 Å². The molecule has 1 aromatic carbocycles. The van der Waals surface area contributed by atoms with Gasteiger partial charge in [0.15, 0.2) is 0 Å². The molecule has 0 saturated carbocycles. The molecule has 1 unspecified atom stereocenters. The number of carboxylic acid groups (broad SMARTS) is 1. The highest BCUT2D eigenvalue weighted by Crippen LogP contribution is 2.36. The highest BCUT2D eigenvalue weighted by molar-refractivity contribution is 6.62. The maximum Gasteiger partial charge on any atom is 0.494 e. The summed E-state index contributed by atoms with van der Waals surface area (Å²) >= 11 is 0. The summed E-state index contributed by atoms with van der Waals surface area (Å²) in [6.07, 6.45) is 0.509. The monoisotopic (exact) mass is 305 g/mol. The zero-order valence-corrected chi connectivity index (χ0v) is 13.6. The number of carbonyl (C=O) groups is 1. The molecule has 22 heavy (non-hydrogen) atoms. The lowest BCUT2D eigenvalue weighted by molar-refractivity contribution is -0.137. The van der Waals surface area contributed by atoms with Crippen molar-refractivity contribution in [2.24, 2.45) is 5.73 Å². The fourth-order valence-electron chi connectivity index (χ4n) is 2.39. The molecule has 1 fully saturated rings. The third-order valence-corrected chi connectivity index (χ3v) is 4.44. The van der Waals surface area contributed by atoms with Gasteiger partial charge in [-0.25, -0.2) is 0 Å². The Kier molecular flexibility index (Phi) is 4.66. The third kappa shape index (κ3) is 3.69. The van der Waals surface area contributed by atoms with E-state index in [2.05, 4.69) is 0 Å². The van der Waals surface area contributed by atoms with E-state index >= 15 is 0 Å². The molecule has 0 amide bonds. The molecule has 1 aromatic rings. The number of hydrogen-bond donors (Lipinski definition) is 2. The topological polar surface area (TPSA) is 81.8 Å². The van der Waals surface area contributed by atoms with E-state index in [0.29, 0.717) is 6.42 Å². The van der Waals surface area contributed by atoms with Crippen LogP contribution in [0.3, 0.4) is 0 Å². The van der Waals surface area contributed by atoms with Gasteiger partial charge in [-0.15, -0.1) is 0 Å². The van der Waals surface area contributed by atoms with Gasteiger partial charge in [-0.05, 0) is 45.1 Å². The second-order valence-corrected chi connectivity index (χ2v) is 6.89. The predicted molar refractivity (Wildman–Crippen MR) is 86.1 cm³/mol. The molecule has 0 aliphatic carbocycles. The van der Waals surface area contributed by atoms with Crippen LogP contribution in [-0.2, 0) is 20.5 Å². The van der Waals surface area contributed by atoms with E-state index < -0.39 is 5.97 Å². The van der Waals surface area contributed by atoms with Gasteiger partial charge in [-0.1, -0.05) is 24.3 Å². The second kappa shape index (κ2) is 6.03. The first-order valence-corrected chi connectivity index (χ1v) is 7.52. The minimum atomic E-state index is -0.874. The van der Waals surface area contributed by atoms with Crippen molar-refractivity contribution in [3.05, 3.63) is 29.8 Å². The molecule has 1 aliphatic heterocycles. The van der Waals surface area contributed by atoms with E-state index in [1.54, 1.807) is 0 Å². The average molecular weight is 305 g/mol. The fraction of sp³-hybridized carbons (Fsp3) is 0.562. The highest BCUT2D eigenvalue weighted by Gasteiger charge is 2.51. The van der Waals surface area contributed by atoms with E-state index in [1.165, 1.54) is 0 Å². The second-order valence-electron chi connectivity index (χ2n) is 6.89. The summed E-state index contributed by atoms with van der Waals surface area (Å²) < 4.78 is 12.0. The summed E-state index contributed by atoms with van der Waals surface area (Å²) in [4.78, 5) is 10.6. The van der Waals surface area contributed by atoms with Gasteiger partial charge in [0, 0.05) is 6.04 Å². The van der Waals surface area contributed by atoms with E-state index in [4.69, 9.17) is 20.1 Å². The van der Waals surface area contributed by atoms with Crippen LogP contribution >= 0.6 is 0 Å². The summed E-state index contributed by atoms with van der Waals surface area (Å²) in [5.74, 6) is -0.874. The van der Waals surface area contributed by atoms with E-state index in [0.717, 1.165) is 11.0 Å². The summed E-state index contributed by atoms with van der Waals surface area (Å²) in [5, 5.41) is 8.73. The Hall–Kier alpha value is -1.37. The molecule has 120 valence electrons. The maximum atomic E-state index is 10.6. The molecule has 0 radical (unpaired) electrons. The quantitative estimate of drug-likeness (QED) is 0.802. The molecule has 1 heterocycles. The average Bonchev–Trinajstić information content (AvgIpc) is 2.58. The molecule has 1 aliphatic rings. The molecule has 5 nitrogen and oxygen atoms in total. The Labute approximate surface area is 131 Å². The van der Waals surface area contributed by atoms with Crippen LogP contribution < -0.4 is 11.2 Å². The molecule has 0 bridgehead atoms. The molecular weight excluding hydrogens is 281 g/mol. The van der Waals surface area contributed by atoms with Crippen molar-refractivity contribution in [1.29, 1.82) is 0 Å². The minimum absolute atomic E-state index is 0.0288. The van der Waals surface area contributed by atoms with Crippen LogP contribution in [0.5, 0.6) is 0 Å². The molecule has 6 heteroatoms. The van der Waals surface area contributed by atoms with Crippen molar-refractivity contribution >= 4 is 18.6 Å². The normalized spacial score (nSPS) is 20.9. The predicted octanol–water partition coefficient (Wildman–Crippen LogP) is 1.33. The van der Waals surface area contributed by atoms with Crippen LogP contribution in [0.15, 0.2) is 24.3 Å². The Morgan fingerprint density at radius 2 is 1.68 bits per heavy atom. The van der Waals surface area contributed by atoms with Gasteiger partial charge in [0.1, 0.15) is 0 Å². The van der Waals surface area contributed by atoms with Gasteiger partial charge >= 0.3 is 13.1 Å². The third-order valence-electron chi connectivity index (χ3n) is 4.44. The number of nitrogens with two attached hydrogens (primary N) is 1. The van der Waals surface area contributed by atoms with Crippen molar-refractivity contribution in [2.45, 2.75) is 57.8 Å². The van der Waals surface area contributed by atoms with E-state index in [-0.39, 0.29) is 30.8 Å². The molecule has 0 aromatic heterocycles. The minimum Gasteiger partial charge on any atom is -0.481 e. The van der Waals surface area contributed by atoms with E-state index in [9.17, 15) is 4.79 Å². The Balaban J connectivity index is 2.03. The molecule has 1 saturated heterocycles. The fourth-order valence-corrected chi connectivity index (χ4v) is 2.39. The van der Waals surface area contributed by atoms with Crippen molar-refractivity contribution in [2.75, 3.05) is 0 Å². The van der Waals surface area contributed by atoms with Crippen LogP contribution in [0, 0.1) is 0 Å². The van der Waals surface area contributed by atoms with E-state index in [1.807, 2.05) is 52.0 Å². The molecular formula is C16H24BNO4. The SMILES string of the molecule is CC1(C)OB(c2ccc(CC(N)CC(=O)O)cc2)OC1(C)C. The summed E-state index contributed by atoms with van der Waals surface area (Å²) in [6, 6.07) is 7.42. The zero-order valence-electron chi connectivity index (χ0n) is 13.6. The first kappa shape index (κ1) is 17.0. The van der Waals surface area contributed by atoms with Crippen LogP contribution in [0.1, 0.15) is 39.7 Å². The van der Waals surface area contributed by atoms with Crippen LogP contribution in [0.2, 0.25) is 0 Å². The lowest BCUT2D eigenvalue weighted by Gasteiger charge is -2.32.